The average molecular weight is 357 g/mol. The van der Waals surface area contributed by atoms with Crippen LogP contribution in [0, 0.1) is 0 Å². The summed E-state index contributed by atoms with van der Waals surface area (Å²) in [6.07, 6.45) is 9.09. The van der Waals surface area contributed by atoms with Crippen molar-refractivity contribution in [1.82, 2.24) is 20.6 Å². The SMILES string of the molecule is O=C(N[C@H]1CCCCNC1)C1=CN(c2ccnc3[nH]ccc23)CCS1. The lowest BCUT2D eigenvalue weighted by Gasteiger charge is -2.27. The highest BCUT2D eigenvalue weighted by Crippen LogP contribution is 2.30. The van der Waals surface area contributed by atoms with Crippen LogP contribution in [0.1, 0.15) is 19.3 Å². The Labute approximate surface area is 151 Å². The first-order valence-corrected chi connectivity index (χ1v) is 9.85. The normalized spacial score (nSPS) is 21.7. The number of carbonyl (C=O) groups excluding carboxylic acids is 1. The molecule has 2 aliphatic rings. The first-order valence-electron chi connectivity index (χ1n) is 8.86. The quantitative estimate of drug-likeness (QED) is 0.786. The molecule has 6 nitrogen and oxygen atoms in total. The van der Waals surface area contributed by atoms with Gasteiger partial charge in [0.25, 0.3) is 5.91 Å². The molecule has 3 N–H and O–H groups in total. The number of fused-ring (bicyclic) bond motifs is 1. The van der Waals surface area contributed by atoms with Gasteiger partial charge in [0.15, 0.2) is 0 Å². The van der Waals surface area contributed by atoms with Crippen LogP contribution in [0.15, 0.2) is 35.6 Å². The minimum atomic E-state index is 0.0442. The summed E-state index contributed by atoms with van der Waals surface area (Å²) < 4.78 is 0. The van der Waals surface area contributed by atoms with E-state index in [9.17, 15) is 4.79 Å². The summed E-state index contributed by atoms with van der Waals surface area (Å²) in [5.41, 5.74) is 1.97. The van der Waals surface area contributed by atoms with Crippen molar-refractivity contribution in [3.63, 3.8) is 0 Å². The third-order valence-corrected chi connectivity index (χ3v) is 5.70. The van der Waals surface area contributed by atoms with E-state index in [1.807, 2.05) is 24.5 Å². The first kappa shape index (κ1) is 16.5. The molecule has 0 bridgehead atoms. The van der Waals surface area contributed by atoms with Gasteiger partial charge in [0, 0.05) is 48.9 Å². The van der Waals surface area contributed by atoms with Crippen molar-refractivity contribution in [2.75, 3.05) is 30.3 Å². The number of carbonyl (C=O) groups is 1. The number of aromatic amines is 1. The summed E-state index contributed by atoms with van der Waals surface area (Å²) in [5.74, 6) is 0.943. The number of amides is 1. The van der Waals surface area contributed by atoms with E-state index >= 15 is 0 Å². The molecule has 2 aliphatic heterocycles. The predicted octanol–water partition coefficient (Wildman–Crippen LogP) is 2.22. The second-order valence-electron chi connectivity index (χ2n) is 6.48. The number of thioether (sulfide) groups is 1. The Hall–Kier alpha value is -1.99. The predicted molar refractivity (Wildman–Crippen MR) is 103 cm³/mol. The Balaban J connectivity index is 1.52. The standard InChI is InChI=1S/C18H23N5OS/c24-18(22-13-3-1-2-6-19-11-13)16-12-23(9-10-25-16)15-5-8-21-17-14(15)4-7-20-17/h4-5,7-8,12-13,19H,1-3,6,9-11H2,(H,20,21)(H,22,24)/t13-/m0/s1. The topological polar surface area (TPSA) is 73.1 Å². The highest BCUT2D eigenvalue weighted by atomic mass is 32.2. The van der Waals surface area contributed by atoms with Crippen molar-refractivity contribution in [3.8, 4) is 0 Å². The molecule has 4 rings (SSSR count). The van der Waals surface area contributed by atoms with Gasteiger partial charge in [-0.3, -0.25) is 4.79 Å². The van der Waals surface area contributed by atoms with Crippen LogP contribution in [0.25, 0.3) is 11.0 Å². The van der Waals surface area contributed by atoms with Crippen LogP contribution in [0.2, 0.25) is 0 Å². The first-order chi connectivity index (χ1) is 12.3. The second kappa shape index (κ2) is 7.49. The lowest BCUT2D eigenvalue weighted by atomic mass is 10.1. The summed E-state index contributed by atoms with van der Waals surface area (Å²) in [5, 5.41) is 7.67. The van der Waals surface area contributed by atoms with Gasteiger partial charge in [-0.2, -0.15) is 0 Å². The minimum absolute atomic E-state index is 0.0442. The Morgan fingerprint density at radius 2 is 2.32 bits per heavy atom. The number of pyridine rings is 1. The van der Waals surface area contributed by atoms with Gasteiger partial charge in [-0.15, -0.1) is 11.8 Å². The maximum absolute atomic E-state index is 12.7. The lowest BCUT2D eigenvalue weighted by molar-refractivity contribution is -0.117. The molecule has 1 amide bonds. The van der Waals surface area contributed by atoms with Crippen LogP contribution >= 0.6 is 11.8 Å². The molecule has 0 radical (unpaired) electrons. The highest BCUT2D eigenvalue weighted by molar-refractivity contribution is 8.04. The van der Waals surface area contributed by atoms with Gasteiger partial charge in [-0.25, -0.2) is 4.98 Å². The van der Waals surface area contributed by atoms with Gasteiger partial charge in [0.1, 0.15) is 5.65 Å². The Morgan fingerprint density at radius 1 is 1.36 bits per heavy atom. The zero-order valence-electron chi connectivity index (χ0n) is 14.1. The van der Waals surface area contributed by atoms with E-state index < -0.39 is 0 Å². The molecule has 132 valence electrons. The van der Waals surface area contributed by atoms with E-state index in [4.69, 9.17) is 0 Å². The van der Waals surface area contributed by atoms with Crippen molar-refractivity contribution >= 4 is 34.4 Å². The fraction of sp³-hybridized carbons (Fsp3) is 0.444. The van der Waals surface area contributed by atoms with E-state index in [0.29, 0.717) is 0 Å². The third-order valence-electron chi connectivity index (χ3n) is 4.72. The molecule has 7 heteroatoms. The Morgan fingerprint density at radius 3 is 3.28 bits per heavy atom. The molecule has 1 saturated heterocycles. The van der Waals surface area contributed by atoms with Gasteiger partial charge < -0.3 is 20.5 Å². The molecule has 0 saturated carbocycles. The van der Waals surface area contributed by atoms with Crippen LogP contribution in [-0.4, -0.2) is 47.3 Å². The van der Waals surface area contributed by atoms with Crippen molar-refractivity contribution in [3.05, 3.63) is 35.6 Å². The van der Waals surface area contributed by atoms with Crippen molar-refractivity contribution in [2.45, 2.75) is 25.3 Å². The average Bonchev–Trinajstić information content (AvgIpc) is 2.99. The van der Waals surface area contributed by atoms with Crippen LogP contribution in [0.3, 0.4) is 0 Å². The molecule has 2 aromatic heterocycles. The zero-order chi connectivity index (χ0) is 17.1. The van der Waals surface area contributed by atoms with E-state index in [1.165, 1.54) is 12.8 Å². The number of rotatable bonds is 3. The van der Waals surface area contributed by atoms with E-state index in [1.54, 1.807) is 18.0 Å². The molecule has 25 heavy (non-hydrogen) atoms. The van der Waals surface area contributed by atoms with E-state index in [-0.39, 0.29) is 11.9 Å². The fourth-order valence-corrected chi connectivity index (χ4v) is 4.31. The molecule has 0 unspecified atom stereocenters. The van der Waals surface area contributed by atoms with Gasteiger partial charge in [0.05, 0.1) is 10.6 Å². The molecular weight excluding hydrogens is 334 g/mol. The van der Waals surface area contributed by atoms with Gasteiger partial charge >= 0.3 is 0 Å². The molecule has 4 heterocycles. The van der Waals surface area contributed by atoms with E-state index in [0.717, 1.165) is 53.4 Å². The highest BCUT2D eigenvalue weighted by Gasteiger charge is 2.22. The zero-order valence-corrected chi connectivity index (χ0v) is 14.9. The lowest BCUT2D eigenvalue weighted by Crippen LogP contribution is -2.42. The van der Waals surface area contributed by atoms with E-state index in [2.05, 4.69) is 25.5 Å². The third kappa shape index (κ3) is 3.67. The van der Waals surface area contributed by atoms with Crippen LogP contribution < -0.4 is 15.5 Å². The molecular formula is C18H23N5OS. The summed E-state index contributed by atoms with van der Waals surface area (Å²) in [4.78, 5) is 23.1. The van der Waals surface area contributed by atoms with Crippen molar-refractivity contribution < 1.29 is 4.79 Å². The van der Waals surface area contributed by atoms with Crippen LogP contribution in [0.4, 0.5) is 5.69 Å². The van der Waals surface area contributed by atoms with Gasteiger partial charge in [0.2, 0.25) is 0 Å². The number of nitrogens with one attached hydrogen (secondary N) is 3. The van der Waals surface area contributed by atoms with Gasteiger partial charge in [-0.05, 0) is 31.5 Å². The summed E-state index contributed by atoms with van der Waals surface area (Å²) in [7, 11) is 0. The molecule has 0 aromatic carbocycles. The molecule has 0 aliphatic carbocycles. The summed E-state index contributed by atoms with van der Waals surface area (Å²) >= 11 is 1.63. The summed E-state index contributed by atoms with van der Waals surface area (Å²) in [6.45, 7) is 2.80. The maximum Gasteiger partial charge on any atom is 0.259 e. The summed E-state index contributed by atoms with van der Waals surface area (Å²) in [6, 6.07) is 4.27. The number of nitrogens with zero attached hydrogens (tertiary/aromatic N) is 2. The number of anilines is 1. The monoisotopic (exact) mass is 357 g/mol. The Bertz CT molecular complexity index is 779. The largest absolute Gasteiger partial charge is 0.348 e. The fourth-order valence-electron chi connectivity index (χ4n) is 3.41. The van der Waals surface area contributed by atoms with Crippen LogP contribution in [0.5, 0.6) is 0 Å². The minimum Gasteiger partial charge on any atom is -0.348 e. The van der Waals surface area contributed by atoms with Crippen molar-refractivity contribution in [2.24, 2.45) is 0 Å². The Kier molecular flexibility index (Phi) is 4.94. The van der Waals surface area contributed by atoms with Gasteiger partial charge in [-0.1, -0.05) is 6.42 Å². The number of hydrogen-bond donors (Lipinski definition) is 3. The number of hydrogen-bond acceptors (Lipinski definition) is 5. The second-order valence-corrected chi connectivity index (χ2v) is 7.61. The smallest absolute Gasteiger partial charge is 0.259 e. The van der Waals surface area contributed by atoms with Crippen molar-refractivity contribution in [1.29, 1.82) is 0 Å². The van der Waals surface area contributed by atoms with Crippen LogP contribution in [-0.2, 0) is 4.79 Å². The molecule has 0 spiro atoms. The maximum atomic E-state index is 12.7. The number of aromatic nitrogens is 2. The molecule has 2 aromatic rings. The molecule has 1 fully saturated rings. The molecule has 1 atom stereocenters. The number of H-pyrrole nitrogens is 1.